The van der Waals surface area contributed by atoms with Crippen LogP contribution >= 0.6 is 0 Å². The molecule has 0 atom stereocenters. The molecule has 0 aromatic heterocycles. The molecule has 0 rings (SSSR count). The molecule has 0 aromatic rings. The van der Waals surface area contributed by atoms with Crippen LogP contribution in [0.15, 0.2) is 0 Å². The minimum atomic E-state index is -0.345. The highest BCUT2D eigenvalue weighted by molar-refractivity contribution is 5.77. The highest BCUT2D eigenvalue weighted by atomic mass is 35.5. The van der Waals surface area contributed by atoms with E-state index >= 15 is 0 Å². The summed E-state index contributed by atoms with van der Waals surface area (Å²) < 4.78 is 11.6. The molecule has 0 fully saturated rings. The molecular weight excluding hydrogens is 347 g/mol. The van der Waals surface area contributed by atoms with Crippen molar-refractivity contribution in [3.05, 3.63) is 0 Å². The van der Waals surface area contributed by atoms with Gasteiger partial charge in [0, 0.05) is 0 Å². The van der Waals surface area contributed by atoms with E-state index in [0.717, 1.165) is 22.1 Å². The van der Waals surface area contributed by atoms with Crippen molar-refractivity contribution in [1.29, 1.82) is 0 Å². The first-order chi connectivity index (χ1) is 8.99. The van der Waals surface area contributed by atoms with Crippen LogP contribution < -0.4 is 24.8 Å². The molecule has 9 heteroatoms. The Hall–Kier alpha value is -0.600. The van der Waals surface area contributed by atoms with Gasteiger partial charge in [-0.25, -0.2) is 0 Å². The summed E-state index contributed by atoms with van der Waals surface area (Å²) in [5.74, 6) is -0.691. The average molecular weight is 379 g/mol. The molecule has 0 aliphatic carbocycles. The number of ether oxygens (including phenoxy) is 2. The van der Waals surface area contributed by atoms with Crippen LogP contribution in [0, 0.1) is 0 Å². The maximum atomic E-state index is 11.4. The van der Waals surface area contributed by atoms with E-state index in [0.29, 0.717) is 13.2 Å². The number of hydrogen-bond acceptors (Lipinski definition) is 4. The first-order valence-corrected chi connectivity index (χ1v) is 6.92. The monoisotopic (exact) mass is 378 g/mol. The number of halogens is 2. The molecule has 0 spiro atoms. The molecule has 0 amide bonds. The van der Waals surface area contributed by atoms with Gasteiger partial charge in [0.05, 0.1) is 55.1 Å². The van der Waals surface area contributed by atoms with Crippen LogP contribution in [-0.2, 0) is 19.1 Å². The Kier molecular flexibility index (Phi) is 18.2. The zero-order valence-electron chi connectivity index (χ0n) is 15.0. The van der Waals surface area contributed by atoms with Crippen molar-refractivity contribution in [2.45, 2.75) is 12.8 Å². The van der Waals surface area contributed by atoms with Gasteiger partial charge in [-0.1, -0.05) is 0 Å². The maximum absolute atomic E-state index is 11.4. The van der Waals surface area contributed by atoms with Crippen molar-refractivity contribution in [2.24, 2.45) is 0 Å². The molecule has 0 aliphatic heterocycles. The SMILES string of the molecule is C[N+](C)(C)CCOC(=O)CCC(=O)OCC[N+](C)(C)C.O.[Cl-].[Cl-]. The number of quaternary nitrogens is 2. The predicted octanol–water partition coefficient (Wildman–Crippen LogP) is -6.55. The lowest BCUT2D eigenvalue weighted by Crippen LogP contribution is -3.00. The molecule has 7 nitrogen and oxygen atoms in total. The number of esters is 2. The Morgan fingerprint density at radius 1 is 0.696 bits per heavy atom. The third-order valence-electron chi connectivity index (χ3n) is 2.58. The topological polar surface area (TPSA) is 84.1 Å². The van der Waals surface area contributed by atoms with Gasteiger partial charge in [0.15, 0.2) is 0 Å². The van der Waals surface area contributed by atoms with Gasteiger partial charge in [-0.15, -0.1) is 0 Å². The van der Waals surface area contributed by atoms with E-state index in [1.165, 1.54) is 0 Å². The van der Waals surface area contributed by atoms with Gasteiger partial charge in [0.1, 0.15) is 26.3 Å². The van der Waals surface area contributed by atoms with E-state index in [-0.39, 0.29) is 55.1 Å². The van der Waals surface area contributed by atoms with Gasteiger partial charge >= 0.3 is 11.9 Å². The molecule has 0 heterocycles. The summed E-state index contributed by atoms with van der Waals surface area (Å²) in [6.45, 7) is 2.25. The number of carbonyl (C=O) groups excluding carboxylic acids is 2. The summed E-state index contributed by atoms with van der Waals surface area (Å²) >= 11 is 0. The lowest BCUT2D eigenvalue weighted by molar-refractivity contribution is -0.870. The van der Waals surface area contributed by atoms with Gasteiger partial charge in [0.25, 0.3) is 0 Å². The van der Waals surface area contributed by atoms with Gasteiger partial charge in [-0.3, -0.25) is 9.59 Å². The fourth-order valence-electron chi connectivity index (χ4n) is 1.22. The van der Waals surface area contributed by atoms with Crippen molar-refractivity contribution >= 4 is 11.9 Å². The number of hydrogen-bond donors (Lipinski definition) is 0. The van der Waals surface area contributed by atoms with Crippen molar-refractivity contribution in [3.63, 3.8) is 0 Å². The van der Waals surface area contributed by atoms with Crippen molar-refractivity contribution in [2.75, 3.05) is 68.6 Å². The van der Waals surface area contributed by atoms with Crippen LogP contribution in [-0.4, -0.2) is 95.0 Å². The highest BCUT2D eigenvalue weighted by Crippen LogP contribution is 1.98. The summed E-state index contributed by atoms with van der Waals surface area (Å²) in [5.41, 5.74) is 0. The molecule has 2 N–H and O–H groups in total. The summed E-state index contributed by atoms with van der Waals surface area (Å²) in [6, 6.07) is 0. The normalized spacial score (nSPS) is 10.5. The van der Waals surface area contributed by atoms with E-state index in [9.17, 15) is 9.59 Å². The molecule has 0 aliphatic rings. The second kappa shape index (κ2) is 13.8. The van der Waals surface area contributed by atoms with Gasteiger partial charge in [-0.05, 0) is 0 Å². The molecular formula is C14H32Cl2N2O5. The van der Waals surface area contributed by atoms with Crippen LogP contribution in [0.3, 0.4) is 0 Å². The Morgan fingerprint density at radius 3 is 1.17 bits per heavy atom. The smallest absolute Gasteiger partial charge is 0.306 e. The maximum Gasteiger partial charge on any atom is 0.306 e. The Balaban J connectivity index is -0.000000602. The largest absolute Gasteiger partial charge is 1.00 e. The summed E-state index contributed by atoms with van der Waals surface area (Å²) in [6.07, 6.45) is 0.167. The molecule has 0 radical (unpaired) electrons. The quantitative estimate of drug-likeness (QED) is 0.295. The Labute approximate surface area is 152 Å². The van der Waals surface area contributed by atoms with E-state index in [1.807, 2.05) is 42.3 Å². The lowest BCUT2D eigenvalue weighted by Gasteiger charge is -2.23. The van der Waals surface area contributed by atoms with Crippen molar-refractivity contribution in [3.8, 4) is 0 Å². The number of likely N-dealkylation sites (N-methyl/N-ethyl adjacent to an activating group) is 2. The third kappa shape index (κ3) is 23.8. The van der Waals surface area contributed by atoms with E-state index < -0.39 is 0 Å². The van der Waals surface area contributed by atoms with E-state index in [1.54, 1.807) is 0 Å². The van der Waals surface area contributed by atoms with E-state index in [4.69, 9.17) is 9.47 Å². The predicted molar refractivity (Wildman–Crippen MR) is 80.6 cm³/mol. The summed E-state index contributed by atoms with van der Waals surface area (Å²) in [4.78, 5) is 22.9. The number of nitrogens with zero attached hydrogens (tertiary/aromatic N) is 2. The summed E-state index contributed by atoms with van der Waals surface area (Å²) in [5, 5.41) is 0. The van der Waals surface area contributed by atoms with Crippen LogP contribution in [0.2, 0.25) is 0 Å². The highest BCUT2D eigenvalue weighted by Gasteiger charge is 2.13. The first-order valence-electron chi connectivity index (χ1n) is 6.92. The fraction of sp³-hybridized carbons (Fsp3) is 0.857. The second-order valence-corrected chi connectivity index (χ2v) is 6.97. The number of rotatable bonds is 9. The van der Waals surface area contributed by atoms with E-state index in [2.05, 4.69) is 0 Å². The minimum absolute atomic E-state index is 0. The standard InChI is InChI=1S/C14H30N2O4.2ClH.H2O/c1-15(2,3)9-11-19-13(17)7-8-14(18)20-12-10-16(4,5)6;;;/h7-12H2,1-6H3;2*1H;1H2/q+2;;;/p-2. The zero-order chi connectivity index (χ0) is 15.8. The second-order valence-electron chi connectivity index (χ2n) is 6.97. The number of carbonyl (C=O) groups is 2. The van der Waals surface area contributed by atoms with Crippen molar-refractivity contribution in [1.82, 2.24) is 0 Å². The van der Waals surface area contributed by atoms with Gasteiger partial charge in [-0.2, -0.15) is 0 Å². The Bertz CT molecular complexity index is 296. The zero-order valence-corrected chi connectivity index (χ0v) is 16.5. The van der Waals surface area contributed by atoms with Crippen LogP contribution in [0.4, 0.5) is 0 Å². The fourth-order valence-corrected chi connectivity index (χ4v) is 1.22. The van der Waals surface area contributed by atoms with Gasteiger partial charge in [0.2, 0.25) is 0 Å². The molecule has 0 saturated heterocycles. The molecule has 0 bridgehead atoms. The third-order valence-corrected chi connectivity index (χ3v) is 2.58. The molecule has 0 unspecified atom stereocenters. The van der Waals surface area contributed by atoms with Crippen LogP contribution in [0.25, 0.3) is 0 Å². The van der Waals surface area contributed by atoms with Crippen LogP contribution in [0.1, 0.15) is 12.8 Å². The Morgan fingerprint density at radius 2 is 0.957 bits per heavy atom. The first kappa shape index (κ1) is 30.3. The lowest BCUT2D eigenvalue weighted by atomic mass is 10.3. The molecule has 0 aromatic carbocycles. The van der Waals surface area contributed by atoms with Crippen LogP contribution in [0.5, 0.6) is 0 Å². The minimum Gasteiger partial charge on any atom is -1.00 e. The molecule has 0 saturated carbocycles. The molecule has 23 heavy (non-hydrogen) atoms. The molecule has 142 valence electrons. The summed E-state index contributed by atoms with van der Waals surface area (Å²) in [7, 11) is 12.2. The van der Waals surface area contributed by atoms with Crippen molar-refractivity contribution < 1.29 is 58.3 Å². The average Bonchev–Trinajstić information content (AvgIpc) is 2.22. The van der Waals surface area contributed by atoms with Gasteiger partial charge < -0.3 is 48.7 Å².